The van der Waals surface area contributed by atoms with Crippen LogP contribution in [0.5, 0.6) is 0 Å². The Hall–Kier alpha value is -1.89. The molecule has 1 aromatic rings. The number of rotatable bonds is 3. The fourth-order valence-corrected chi connectivity index (χ4v) is 1.92. The van der Waals surface area contributed by atoms with Gasteiger partial charge in [0.05, 0.1) is 31.9 Å². The Balaban J connectivity index is 1.97. The standard InChI is InChI=1S/C12H16N2O5/c1-8-5-10(19-13-8)12(16)14-3-4-18-9(7-14)6-11(15)17-2/h5,9H,3-4,6-7H2,1-2H3. The number of carbonyl (C=O) groups is 2. The molecule has 0 spiro atoms. The van der Waals surface area contributed by atoms with Crippen LogP contribution >= 0.6 is 0 Å². The molecular formula is C12H16N2O5. The minimum absolute atomic E-state index is 0.135. The predicted octanol–water partition coefficient (Wildman–Crippen LogP) is 0.387. The normalized spacial score (nSPS) is 19.3. The lowest BCUT2D eigenvalue weighted by molar-refractivity contribution is -0.145. The van der Waals surface area contributed by atoms with Gasteiger partial charge in [0, 0.05) is 19.2 Å². The van der Waals surface area contributed by atoms with Gasteiger partial charge in [0.2, 0.25) is 5.76 Å². The third kappa shape index (κ3) is 3.31. The van der Waals surface area contributed by atoms with Crippen molar-refractivity contribution in [3.8, 4) is 0 Å². The molecule has 19 heavy (non-hydrogen) atoms. The number of aromatic nitrogens is 1. The molecule has 1 amide bonds. The van der Waals surface area contributed by atoms with Crippen molar-refractivity contribution in [2.75, 3.05) is 26.8 Å². The Morgan fingerprint density at radius 3 is 3.00 bits per heavy atom. The first-order chi connectivity index (χ1) is 9.10. The van der Waals surface area contributed by atoms with E-state index in [-0.39, 0.29) is 30.2 Å². The van der Waals surface area contributed by atoms with E-state index in [9.17, 15) is 9.59 Å². The molecule has 1 atom stereocenters. The lowest BCUT2D eigenvalue weighted by Gasteiger charge is -2.31. The molecule has 0 bridgehead atoms. The average Bonchev–Trinajstić information content (AvgIpc) is 2.84. The SMILES string of the molecule is COC(=O)CC1CN(C(=O)c2cc(C)no2)CCO1. The summed E-state index contributed by atoms with van der Waals surface area (Å²) in [5, 5.41) is 3.69. The van der Waals surface area contributed by atoms with Crippen LogP contribution in [0.3, 0.4) is 0 Å². The van der Waals surface area contributed by atoms with E-state index in [2.05, 4.69) is 9.89 Å². The van der Waals surface area contributed by atoms with Crippen molar-refractivity contribution in [2.24, 2.45) is 0 Å². The zero-order valence-corrected chi connectivity index (χ0v) is 10.9. The van der Waals surface area contributed by atoms with Crippen LogP contribution in [-0.4, -0.2) is 54.8 Å². The van der Waals surface area contributed by atoms with E-state index in [1.807, 2.05) is 0 Å². The quantitative estimate of drug-likeness (QED) is 0.737. The van der Waals surface area contributed by atoms with Crippen molar-refractivity contribution in [2.45, 2.75) is 19.4 Å². The van der Waals surface area contributed by atoms with Gasteiger partial charge in [-0.15, -0.1) is 0 Å². The number of esters is 1. The van der Waals surface area contributed by atoms with E-state index in [4.69, 9.17) is 9.26 Å². The van der Waals surface area contributed by atoms with Gasteiger partial charge in [-0.05, 0) is 6.92 Å². The fourth-order valence-electron chi connectivity index (χ4n) is 1.92. The first-order valence-corrected chi connectivity index (χ1v) is 6.01. The first-order valence-electron chi connectivity index (χ1n) is 6.01. The van der Waals surface area contributed by atoms with Gasteiger partial charge in [0.1, 0.15) is 0 Å². The molecule has 2 heterocycles. The number of nitrogens with zero attached hydrogens (tertiary/aromatic N) is 2. The molecule has 0 aliphatic carbocycles. The molecule has 1 aliphatic rings. The van der Waals surface area contributed by atoms with Gasteiger partial charge in [-0.3, -0.25) is 9.59 Å². The number of morpholine rings is 1. The summed E-state index contributed by atoms with van der Waals surface area (Å²) in [6, 6.07) is 1.59. The van der Waals surface area contributed by atoms with Gasteiger partial charge in [-0.25, -0.2) is 0 Å². The van der Waals surface area contributed by atoms with Crippen molar-refractivity contribution in [1.29, 1.82) is 0 Å². The molecule has 0 saturated carbocycles. The number of aryl methyl sites for hydroxylation is 1. The molecule has 1 aliphatic heterocycles. The van der Waals surface area contributed by atoms with E-state index in [0.29, 0.717) is 25.4 Å². The second-order valence-corrected chi connectivity index (χ2v) is 4.36. The molecule has 1 saturated heterocycles. The molecule has 1 unspecified atom stereocenters. The minimum Gasteiger partial charge on any atom is -0.469 e. The molecule has 7 nitrogen and oxygen atoms in total. The molecule has 7 heteroatoms. The number of hydrogen-bond donors (Lipinski definition) is 0. The molecule has 0 aromatic carbocycles. The van der Waals surface area contributed by atoms with Crippen LogP contribution in [0.15, 0.2) is 10.6 Å². The van der Waals surface area contributed by atoms with Crippen LogP contribution in [-0.2, 0) is 14.3 Å². The number of hydrogen-bond acceptors (Lipinski definition) is 6. The highest BCUT2D eigenvalue weighted by Crippen LogP contribution is 2.13. The highest BCUT2D eigenvalue weighted by molar-refractivity contribution is 5.91. The predicted molar refractivity (Wildman–Crippen MR) is 63.5 cm³/mol. The van der Waals surface area contributed by atoms with Crippen molar-refractivity contribution in [3.63, 3.8) is 0 Å². The highest BCUT2D eigenvalue weighted by Gasteiger charge is 2.28. The molecule has 1 fully saturated rings. The van der Waals surface area contributed by atoms with Crippen molar-refractivity contribution in [3.05, 3.63) is 17.5 Å². The van der Waals surface area contributed by atoms with Crippen LogP contribution in [0.25, 0.3) is 0 Å². The summed E-state index contributed by atoms with van der Waals surface area (Å²) < 4.78 is 15.0. The second-order valence-electron chi connectivity index (χ2n) is 4.36. The third-order valence-corrected chi connectivity index (χ3v) is 2.89. The monoisotopic (exact) mass is 268 g/mol. The number of carbonyl (C=O) groups excluding carboxylic acids is 2. The Kier molecular flexibility index (Phi) is 4.16. The Labute approximate surface area is 110 Å². The van der Waals surface area contributed by atoms with E-state index < -0.39 is 0 Å². The van der Waals surface area contributed by atoms with Gasteiger partial charge in [-0.1, -0.05) is 5.16 Å². The van der Waals surface area contributed by atoms with Crippen LogP contribution in [0.1, 0.15) is 22.7 Å². The molecule has 1 aromatic heterocycles. The van der Waals surface area contributed by atoms with Gasteiger partial charge in [0.25, 0.3) is 5.91 Å². The summed E-state index contributed by atoms with van der Waals surface area (Å²) in [6.07, 6.45) is -0.204. The summed E-state index contributed by atoms with van der Waals surface area (Å²) >= 11 is 0. The maximum absolute atomic E-state index is 12.1. The van der Waals surface area contributed by atoms with Crippen LogP contribution in [0.2, 0.25) is 0 Å². The fraction of sp³-hybridized carbons (Fsp3) is 0.583. The molecule has 104 valence electrons. The summed E-state index contributed by atoms with van der Waals surface area (Å²) in [7, 11) is 1.32. The van der Waals surface area contributed by atoms with E-state index in [1.54, 1.807) is 17.9 Å². The average molecular weight is 268 g/mol. The van der Waals surface area contributed by atoms with Gasteiger partial charge < -0.3 is 18.9 Å². The minimum atomic E-state index is -0.352. The summed E-state index contributed by atoms with van der Waals surface area (Å²) in [6.45, 7) is 2.95. The molecule has 2 rings (SSSR count). The van der Waals surface area contributed by atoms with Crippen LogP contribution in [0, 0.1) is 6.92 Å². The zero-order chi connectivity index (χ0) is 13.8. The van der Waals surface area contributed by atoms with Gasteiger partial charge in [0.15, 0.2) is 0 Å². The van der Waals surface area contributed by atoms with Gasteiger partial charge >= 0.3 is 5.97 Å². The first kappa shape index (κ1) is 13.5. The summed E-state index contributed by atoms with van der Waals surface area (Å²) in [5.74, 6) is -0.384. The van der Waals surface area contributed by atoms with E-state index in [1.165, 1.54) is 7.11 Å². The largest absolute Gasteiger partial charge is 0.469 e. The number of methoxy groups -OCH3 is 1. The third-order valence-electron chi connectivity index (χ3n) is 2.89. The smallest absolute Gasteiger partial charge is 0.308 e. The summed E-state index contributed by atoms with van der Waals surface area (Å²) in [4.78, 5) is 24.9. The van der Waals surface area contributed by atoms with E-state index >= 15 is 0 Å². The Bertz CT molecular complexity index is 470. The lowest BCUT2D eigenvalue weighted by Crippen LogP contribution is -2.46. The topological polar surface area (TPSA) is 81.9 Å². The maximum Gasteiger partial charge on any atom is 0.308 e. The maximum atomic E-state index is 12.1. The van der Waals surface area contributed by atoms with Crippen molar-refractivity contribution < 1.29 is 23.6 Å². The zero-order valence-electron chi connectivity index (χ0n) is 10.9. The molecule has 0 radical (unpaired) electrons. The number of ether oxygens (including phenoxy) is 2. The van der Waals surface area contributed by atoms with Crippen molar-refractivity contribution in [1.82, 2.24) is 10.1 Å². The van der Waals surface area contributed by atoms with Crippen LogP contribution in [0.4, 0.5) is 0 Å². The lowest BCUT2D eigenvalue weighted by atomic mass is 10.2. The number of amides is 1. The van der Waals surface area contributed by atoms with E-state index in [0.717, 1.165) is 0 Å². The van der Waals surface area contributed by atoms with Crippen LogP contribution < -0.4 is 0 Å². The van der Waals surface area contributed by atoms with Gasteiger partial charge in [-0.2, -0.15) is 0 Å². The van der Waals surface area contributed by atoms with Crippen molar-refractivity contribution >= 4 is 11.9 Å². The summed E-state index contributed by atoms with van der Waals surface area (Å²) in [5.41, 5.74) is 0.655. The molecule has 0 N–H and O–H groups in total. The molecular weight excluding hydrogens is 252 g/mol. The Morgan fingerprint density at radius 2 is 2.37 bits per heavy atom. The highest BCUT2D eigenvalue weighted by atomic mass is 16.5. The Morgan fingerprint density at radius 1 is 1.58 bits per heavy atom. The second kappa shape index (κ2) is 5.83.